The van der Waals surface area contributed by atoms with Crippen LogP contribution < -0.4 is 20.7 Å². The van der Waals surface area contributed by atoms with E-state index in [1.54, 1.807) is 4.90 Å². The van der Waals surface area contributed by atoms with Crippen molar-refractivity contribution in [2.24, 2.45) is 0 Å². The van der Waals surface area contributed by atoms with Crippen molar-refractivity contribution in [3.05, 3.63) is 63.8 Å². The molecule has 230 valence electrons. The fraction of sp³-hybridized carbons (Fsp3) is 0.429. The molecule has 0 bridgehead atoms. The Balaban J connectivity index is 1.57. The number of alkyl halides is 3. The van der Waals surface area contributed by atoms with Crippen LogP contribution in [-0.2, 0) is 10.9 Å². The highest BCUT2D eigenvalue weighted by atomic mass is 19.4. The number of anilines is 3. The van der Waals surface area contributed by atoms with E-state index >= 15 is 8.78 Å². The van der Waals surface area contributed by atoms with Gasteiger partial charge in [-0.25, -0.2) is 18.7 Å². The molecule has 3 aromatic rings. The number of likely N-dealkylation sites (N-methyl/N-ethyl adjacent to an activating group) is 1. The maximum atomic E-state index is 16.3. The number of benzene rings is 1. The van der Waals surface area contributed by atoms with Crippen LogP contribution in [0.25, 0.3) is 11.1 Å². The van der Waals surface area contributed by atoms with Crippen LogP contribution in [0.4, 0.5) is 39.3 Å². The molecule has 2 N–H and O–H groups in total. The number of piperazine rings is 1. The van der Waals surface area contributed by atoms with Crippen LogP contribution in [0.3, 0.4) is 0 Å². The number of hydrogen-bond donors (Lipinski definition) is 2. The number of rotatable bonds is 5. The molecule has 2 aliphatic heterocycles. The molecule has 0 spiro atoms. The predicted octanol–water partition coefficient (Wildman–Crippen LogP) is 3.75. The van der Waals surface area contributed by atoms with Crippen molar-refractivity contribution in [3.8, 4) is 11.1 Å². The summed E-state index contributed by atoms with van der Waals surface area (Å²) in [5.74, 6) is -3.16. The normalized spacial score (nSPS) is 19.9. The first-order valence-electron chi connectivity index (χ1n) is 13.6. The van der Waals surface area contributed by atoms with Crippen LogP contribution in [0.5, 0.6) is 0 Å². The third-order valence-electron chi connectivity index (χ3n) is 7.66. The van der Waals surface area contributed by atoms with Gasteiger partial charge in [0.15, 0.2) is 5.82 Å². The minimum atomic E-state index is -5.04. The van der Waals surface area contributed by atoms with Crippen LogP contribution in [0, 0.1) is 11.6 Å². The van der Waals surface area contributed by atoms with Crippen molar-refractivity contribution < 1.29 is 31.5 Å². The lowest BCUT2D eigenvalue weighted by Gasteiger charge is -2.39. The number of hydrogen-bond acceptors (Lipinski definition) is 8. The average Bonchev–Trinajstić information content (AvgIpc) is 2.95. The monoisotopic (exact) mass is 607 g/mol. The Bertz CT molecular complexity index is 1560. The van der Waals surface area contributed by atoms with E-state index in [2.05, 4.69) is 15.3 Å². The maximum absolute atomic E-state index is 16.3. The van der Waals surface area contributed by atoms with Crippen LogP contribution in [-0.4, -0.2) is 84.3 Å². The summed E-state index contributed by atoms with van der Waals surface area (Å²) in [6, 6.07) is 1.27. The van der Waals surface area contributed by atoms with E-state index in [1.165, 1.54) is 12.4 Å². The third kappa shape index (κ3) is 6.32. The molecular formula is C28H30F5N7O3. The van der Waals surface area contributed by atoms with Gasteiger partial charge in [0.1, 0.15) is 11.5 Å². The molecule has 2 aromatic heterocycles. The Kier molecular flexibility index (Phi) is 8.38. The van der Waals surface area contributed by atoms with Crippen LogP contribution >= 0.6 is 0 Å². The number of H-pyrrole nitrogens is 1. The van der Waals surface area contributed by atoms with Crippen LogP contribution in [0.15, 0.2) is 35.5 Å². The van der Waals surface area contributed by atoms with Crippen molar-refractivity contribution in [2.45, 2.75) is 32.2 Å². The Morgan fingerprint density at radius 1 is 1.07 bits per heavy atom. The van der Waals surface area contributed by atoms with Crippen molar-refractivity contribution in [2.75, 3.05) is 61.5 Å². The Morgan fingerprint density at radius 3 is 2.44 bits per heavy atom. The first-order valence-corrected chi connectivity index (χ1v) is 13.6. The SMILES string of the molecule is C[C@H]1CN(c2ncc(-c3c(F)cc(N4CCN(C)[C@@H](C)C4)c(NC(=O)c4c[nH]c(=O)cc4C(F)(F)F)c3F)cn2)CCO1. The molecule has 0 unspecified atom stereocenters. The number of halogens is 5. The summed E-state index contributed by atoms with van der Waals surface area (Å²) in [5, 5.41) is 2.23. The third-order valence-corrected chi connectivity index (χ3v) is 7.66. The molecule has 10 nitrogen and oxygen atoms in total. The molecule has 2 aliphatic rings. The van der Waals surface area contributed by atoms with Gasteiger partial charge in [-0.15, -0.1) is 0 Å². The number of nitrogens with zero attached hydrogens (tertiary/aromatic N) is 5. The fourth-order valence-corrected chi connectivity index (χ4v) is 5.20. The standard InChI is InChI=1S/C28H30F5N7O3/c1-15-13-39(5-4-38(15)3)21-9-20(29)23(17-10-35-27(36-11-17)40-6-7-43-16(2)14-40)24(30)25(21)37-26(42)18-12-34-22(41)8-19(18)28(31,32)33/h8-12,15-16H,4-7,13-14H2,1-3H3,(H,34,41)(H,37,42)/t15-,16-/m0/s1. The minimum absolute atomic E-state index is 0.0250. The van der Waals surface area contributed by atoms with E-state index in [9.17, 15) is 22.8 Å². The maximum Gasteiger partial charge on any atom is 0.417 e. The average molecular weight is 608 g/mol. The largest absolute Gasteiger partial charge is 0.417 e. The molecule has 0 aliphatic carbocycles. The molecule has 2 atom stereocenters. The van der Waals surface area contributed by atoms with E-state index in [1.807, 2.05) is 35.7 Å². The lowest BCUT2D eigenvalue weighted by atomic mass is 10.0. The van der Waals surface area contributed by atoms with Gasteiger partial charge >= 0.3 is 6.18 Å². The lowest BCUT2D eigenvalue weighted by Crippen LogP contribution is -2.50. The van der Waals surface area contributed by atoms with Gasteiger partial charge in [0.05, 0.1) is 35.1 Å². The minimum Gasteiger partial charge on any atom is -0.375 e. The highest BCUT2D eigenvalue weighted by Gasteiger charge is 2.37. The van der Waals surface area contributed by atoms with Crippen molar-refractivity contribution in [1.82, 2.24) is 19.9 Å². The highest BCUT2D eigenvalue weighted by molar-refractivity contribution is 6.07. The Hall–Kier alpha value is -4.11. The number of morpholine rings is 1. The number of aromatic amines is 1. The van der Waals surface area contributed by atoms with Gasteiger partial charge in [-0.1, -0.05) is 0 Å². The van der Waals surface area contributed by atoms with Gasteiger partial charge in [0, 0.05) is 75.1 Å². The topological polar surface area (TPSA) is 107 Å². The van der Waals surface area contributed by atoms with Gasteiger partial charge in [-0.3, -0.25) is 9.59 Å². The molecule has 0 radical (unpaired) electrons. The number of aromatic nitrogens is 3. The van der Waals surface area contributed by atoms with Crippen molar-refractivity contribution >= 4 is 23.2 Å². The summed E-state index contributed by atoms with van der Waals surface area (Å²) in [6.07, 6.45) is -1.99. The van der Waals surface area contributed by atoms with Crippen LogP contribution in [0.2, 0.25) is 0 Å². The quantitative estimate of drug-likeness (QED) is 0.423. The number of ether oxygens (including phenoxy) is 1. The molecular weight excluding hydrogens is 577 g/mol. The lowest BCUT2D eigenvalue weighted by molar-refractivity contribution is -0.138. The molecule has 15 heteroatoms. The molecule has 5 rings (SSSR count). The number of carbonyl (C=O) groups is 1. The summed E-state index contributed by atoms with van der Waals surface area (Å²) in [5.41, 5.74) is -4.63. The first-order chi connectivity index (χ1) is 20.3. The zero-order valence-electron chi connectivity index (χ0n) is 23.6. The van der Waals surface area contributed by atoms with E-state index in [4.69, 9.17) is 4.74 Å². The predicted molar refractivity (Wildman–Crippen MR) is 149 cm³/mol. The second-order valence-electron chi connectivity index (χ2n) is 10.7. The van der Waals surface area contributed by atoms with Crippen molar-refractivity contribution in [1.29, 1.82) is 0 Å². The summed E-state index contributed by atoms with van der Waals surface area (Å²) in [6.45, 7) is 6.55. The molecule has 43 heavy (non-hydrogen) atoms. The van der Waals surface area contributed by atoms with Gasteiger partial charge in [0.25, 0.3) is 5.91 Å². The molecule has 0 saturated carbocycles. The van der Waals surface area contributed by atoms with E-state index in [0.29, 0.717) is 51.5 Å². The van der Waals surface area contributed by atoms with Gasteiger partial charge in [-0.2, -0.15) is 13.2 Å². The van der Waals surface area contributed by atoms with E-state index in [-0.39, 0.29) is 29.5 Å². The van der Waals surface area contributed by atoms with Gasteiger partial charge in [-0.05, 0) is 20.9 Å². The van der Waals surface area contributed by atoms with Crippen LogP contribution in [0.1, 0.15) is 29.8 Å². The number of amides is 1. The number of pyridine rings is 1. The second-order valence-corrected chi connectivity index (χ2v) is 10.7. The molecule has 1 amide bonds. The zero-order valence-corrected chi connectivity index (χ0v) is 23.6. The molecule has 4 heterocycles. The summed E-state index contributed by atoms with van der Waals surface area (Å²) in [7, 11) is 1.89. The van der Waals surface area contributed by atoms with E-state index < -0.39 is 51.7 Å². The second kappa shape index (κ2) is 11.9. The Morgan fingerprint density at radius 2 is 1.79 bits per heavy atom. The smallest absolute Gasteiger partial charge is 0.375 e. The summed E-state index contributed by atoms with van der Waals surface area (Å²) >= 11 is 0. The summed E-state index contributed by atoms with van der Waals surface area (Å²) < 4.78 is 78.6. The van der Waals surface area contributed by atoms with Gasteiger partial charge < -0.3 is 29.7 Å². The molecule has 1 aromatic carbocycles. The summed E-state index contributed by atoms with van der Waals surface area (Å²) in [4.78, 5) is 41.0. The fourth-order valence-electron chi connectivity index (χ4n) is 5.20. The van der Waals surface area contributed by atoms with E-state index in [0.717, 1.165) is 6.07 Å². The van der Waals surface area contributed by atoms with Crippen molar-refractivity contribution in [3.63, 3.8) is 0 Å². The Labute approximate surface area is 243 Å². The number of nitrogens with one attached hydrogen (secondary N) is 2. The number of carbonyl (C=O) groups excluding carboxylic acids is 1. The highest BCUT2D eigenvalue weighted by Crippen LogP contribution is 2.39. The first kappa shape index (κ1) is 30.4. The van der Waals surface area contributed by atoms with Gasteiger partial charge in [0.2, 0.25) is 11.5 Å². The molecule has 2 fully saturated rings. The zero-order chi connectivity index (χ0) is 31.1. The molecule has 2 saturated heterocycles.